The van der Waals surface area contributed by atoms with Gasteiger partial charge in [0.25, 0.3) is 0 Å². The molecule has 118 valence electrons. The molecule has 21 heavy (non-hydrogen) atoms. The summed E-state index contributed by atoms with van der Waals surface area (Å²) in [4.78, 5) is 4.66. The van der Waals surface area contributed by atoms with Crippen LogP contribution >= 0.6 is 0 Å². The second kappa shape index (κ2) is 6.75. The molecule has 0 aromatic carbocycles. The average Bonchev–Trinajstić information content (AvgIpc) is 3.19. The van der Waals surface area contributed by atoms with Crippen molar-refractivity contribution in [2.75, 3.05) is 13.7 Å². The van der Waals surface area contributed by atoms with Gasteiger partial charge in [-0.1, -0.05) is 20.8 Å². The minimum Gasteiger partial charge on any atom is -0.472 e. The van der Waals surface area contributed by atoms with Gasteiger partial charge in [0.15, 0.2) is 0 Å². The molecule has 0 bridgehead atoms. The van der Waals surface area contributed by atoms with Gasteiger partial charge in [0.2, 0.25) is 5.88 Å². The van der Waals surface area contributed by atoms with Crippen LogP contribution in [0.4, 0.5) is 0 Å². The first-order valence-electron chi connectivity index (χ1n) is 7.79. The minimum atomic E-state index is 0.00181. The lowest BCUT2D eigenvalue weighted by atomic mass is 9.91. The smallest absolute Gasteiger partial charge is 0.214 e. The third-order valence-corrected chi connectivity index (χ3v) is 3.53. The van der Waals surface area contributed by atoms with Crippen LogP contribution < -0.4 is 10.1 Å². The van der Waals surface area contributed by atoms with Crippen molar-refractivity contribution in [3.63, 3.8) is 0 Å². The maximum absolute atomic E-state index is 5.89. The standard InChI is InChI=1S/C17H28N2O2/c1-12(11-20-5)21-16-9-13(10-18-14-6-7-14)8-15(19-16)17(2,3)4/h8-9,12,14,18H,6-7,10-11H2,1-5H3. The van der Waals surface area contributed by atoms with Gasteiger partial charge in [0, 0.05) is 31.2 Å². The Hall–Kier alpha value is -1.13. The number of rotatable bonds is 7. The van der Waals surface area contributed by atoms with Crippen LogP contribution in [-0.2, 0) is 16.7 Å². The summed E-state index contributed by atoms with van der Waals surface area (Å²) in [5.74, 6) is 0.694. The largest absolute Gasteiger partial charge is 0.472 e. The second-order valence-electron chi connectivity index (χ2n) is 6.99. The molecule has 1 heterocycles. The van der Waals surface area contributed by atoms with Gasteiger partial charge in [0.05, 0.1) is 12.3 Å². The molecule has 4 heteroatoms. The number of pyridine rings is 1. The highest BCUT2D eigenvalue weighted by Crippen LogP contribution is 2.26. The molecule has 1 atom stereocenters. The number of nitrogens with zero attached hydrogens (tertiary/aromatic N) is 1. The lowest BCUT2D eigenvalue weighted by Crippen LogP contribution is -2.22. The topological polar surface area (TPSA) is 43.4 Å². The number of hydrogen-bond donors (Lipinski definition) is 1. The van der Waals surface area contributed by atoms with Gasteiger partial charge in [-0.25, -0.2) is 4.98 Å². The monoisotopic (exact) mass is 292 g/mol. The van der Waals surface area contributed by atoms with Gasteiger partial charge >= 0.3 is 0 Å². The molecular weight excluding hydrogens is 264 g/mol. The molecule has 0 radical (unpaired) electrons. The van der Waals surface area contributed by atoms with Gasteiger partial charge in [0.1, 0.15) is 6.10 Å². The molecule has 1 N–H and O–H groups in total. The van der Waals surface area contributed by atoms with Crippen molar-refractivity contribution in [2.24, 2.45) is 0 Å². The van der Waals surface area contributed by atoms with E-state index in [2.05, 4.69) is 37.1 Å². The molecule has 0 amide bonds. The highest BCUT2D eigenvalue weighted by atomic mass is 16.5. The SMILES string of the molecule is COCC(C)Oc1cc(CNC2CC2)cc(C(C)(C)C)n1. The first-order valence-corrected chi connectivity index (χ1v) is 7.79. The zero-order valence-corrected chi connectivity index (χ0v) is 13.9. The van der Waals surface area contributed by atoms with E-state index >= 15 is 0 Å². The second-order valence-corrected chi connectivity index (χ2v) is 6.99. The summed E-state index contributed by atoms with van der Waals surface area (Å²) in [5, 5.41) is 3.55. The third-order valence-electron chi connectivity index (χ3n) is 3.53. The summed E-state index contributed by atoms with van der Waals surface area (Å²) in [6.45, 7) is 9.97. The lowest BCUT2D eigenvalue weighted by Gasteiger charge is -2.21. The fourth-order valence-corrected chi connectivity index (χ4v) is 2.13. The normalized spacial score (nSPS) is 16.8. The lowest BCUT2D eigenvalue weighted by molar-refractivity contribution is 0.0886. The van der Waals surface area contributed by atoms with Crippen molar-refractivity contribution in [1.82, 2.24) is 10.3 Å². The maximum atomic E-state index is 5.89. The maximum Gasteiger partial charge on any atom is 0.214 e. The molecule has 1 aliphatic rings. The van der Waals surface area contributed by atoms with Crippen LogP contribution in [-0.4, -0.2) is 30.8 Å². The van der Waals surface area contributed by atoms with Crippen LogP contribution in [0.25, 0.3) is 0 Å². The molecule has 4 nitrogen and oxygen atoms in total. The summed E-state index contributed by atoms with van der Waals surface area (Å²) in [6, 6.07) is 4.92. The molecule has 0 saturated heterocycles. The quantitative estimate of drug-likeness (QED) is 0.839. The highest BCUT2D eigenvalue weighted by molar-refractivity contribution is 5.29. The minimum absolute atomic E-state index is 0.00181. The zero-order valence-electron chi connectivity index (χ0n) is 13.9. The van der Waals surface area contributed by atoms with E-state index in [-0.39, 0.29) is 11.5 Å². The predicted octanol–water partition coefficient (Wildman–Crippen LogP) is 3.04. The molecule has 1 aromatic rings. The summed E-state index contributed by atoms with van der Waals surface area (Å²) < 4.78 is 11.0. The van der Waals surface area contributed by atoms with E-state index in [9.17, 15) is 0 Å². The Morgan fingerprint density at radius 2 is 2.05 bits per heavy atom. The van der Waals surface area contributed by atoms with E-state index in [4.69, 9.17) is 9.47 Å². The molecular formula is C17H28N2O2. The molecule has 1 saturated carbocycles. The van der Waals surface area contributed by atoms with Crippen LogP contribution in [0.2, 0.25) is 0 Å². The zero-order chi connectivity index (χ0) is 15.5. The summed E-state index contributed by atoms with van der Waals surface area (Å²) in [6.07, 6.45) is 2.60. The number of aromatic nitrogens is 1. The Labute approximate surface area is 128 Å². The van der Waals surface area contributed by atoms with Gasteiger partial charge in [-0.15, -0.1) is 0 Å². The average molecular weight is 292 g/mol. The molecule has 2 rings (SSSR count). The Balaban J connectivity index is 2.14. The van der Waals surface area contributed by atoms with Gasteiger partial charge in [-0.3, -0.25) is 0 Å². The molecule has 1 fully saturated rings. The van der Waals surface area contributed by atoms with Gasteiger partial charge < -0.3 is 14.8 Å². The van der Waals surface area contributed by atoms with Crippen LogP contribution in [0.1, 0.15) is 51.8 Å². The number of hydrogen-bond acceptors (Lipinski definition) is 4. The van der Waals surface area contributed by atoms with Crippen molar-refractivity contribution in [1.29, 1.82) is 0 Å². The predicted molar refractivity (Wildman–Crippen MR) is 84.8 cm³/mol. The molecule has 1 unspecified atom stereocenters. The van der Waals surface area contributed by atoms with E-state index in [1.165, 1.54) is 18.4 Å². The van der Waals surface area contributed by atoms with Crippen molar-refractivity contribution in [3.05, 3.63) is 23.4 Å². The van der Waals surface area contributed by atoms with E-state index < -0.39 is 0 Å². The third kappa shape index (κ3) is 5.29. The van der Waals surface area contributed by atoms with E-state index in [0.717, 1.165) is 12.2 Å². The van der Waals surface area contributed by atoms with Crippen molar-refractivity contribution >= 4 is 0 Å². The van der Waals surface area contributed by atoms with Crippen LogP contribution in [0.5, 0.6) is 5.88 Å². The summed E-state index contributed by atoms with van der Waals surface area (Å²) in [7, 11) is 1.68. The first-order chi connectivity index (χ1) is 9.88. The first kappa shape index (κ1) is 16.2. The van der Waals surface area contributed by atoms with Crippen LogP contribution in [0.3, 0.4) is 0 Å². The highest BCUT2D eigenvalue weighted by Gasteiger charge is 2.22. The Kier molecular flexibility index (Phi) is 5.22. The molecule has 1 aromatic heterocycles. The molecule has 1 aliphatic carbocycles. The Morgan fingerprint density at radius 3 is 2.62 bits per heavy atom. The van der Waals surface area contributed by atoms with Gasteiger partial charge in [-0.05, 0) is 31.4 Å². The number of methoxy groups -OCH3 is 1. The van der Waals surface area contributed by atoms with Crippen molar-refractivity contribution < 1.29 is 9.47 Å². The van der Waals surface area contributed by atoms with E-state index in [0.29, 0.717) is 18.5 Å². The summed E-state index contributed by atoms with van der Waals surface area (Å²) in [5.41, 5.74) is 2.32. The number of nitrogens with one attached hydrogen (secondary N) is 1. The number of ether oxygens (including phenoxy) is 2. The Morgan fingerprint density at radius 1 is 1.33 bits per heavy atom. The Bertz CT molecular complexity index is 464. The van der Waals surface area contributed by atoms with Crippen LogP contribution in [0, 0.1) is 0 Å². The van der Waals surface area contributed by atoms with Crippen molar-refractivity contribution in [3.8, 4) is 5.88 Å². The molecule has 0 spiro atoms. The van der Waals surface area contributed by atoms with Crippen LogP contribution in [0.15, 0.2) is 12.1 Å². The molecule has 0 aliphatic heterocycles. The van der Waals surface area contributed by atoms with E-state index in [1.54, 1.807) is 7.11 Å². The fourth-order valence-electron chi connectivity index (χ4n) is 2.13. The van der Waals surface area contributed by atoms with Gasteiger partial charge in [-0.2, -0.15) is 0 Å². The van der Waals surface area contributed by atoms with Crippen molar-refractivity contribution in [2.45, 2.75) is 64.6 Å². The summed E-state index contributed by atoms with van der Waals surface area (Å²) >= 11 is 0. The van der Waals surface area contributed by atoms with E-state index in [1.807, 2.05) is 13.0 Å². The fraction of sp³-hybridized carbons (Fsp3) is 0.706.